The highest BCUT2D eigenvalue weighted by Gasteiger charge is 2.32. The fourth-order valence-corrected chi connectivity index (χ4v) is 2.79. The smallest absolute Gasteiger partial charge is 0.330 e. The molecule has 0 aliphatic carbocycles. The minimum absolute atomic E-state index is 0.0180. The van der Waals surface area contributed by atoms with Gasteiger partial charge >= 0.3 is 6.18 Å². The molecular formula is C14H19F3N2. The second-order valence-corrected chi connectivity index (χ2v) is 5.05. The van der Waals surface area contributed by atoms with Gasteiger partial charge in [-0.05, 0) is 55.9 Å². The van der Waals surface area contributed by atoms with Crippen LogP contribution in [0, 0.1) is 5.92 Å². The molecule has 0 bridgehead atoms. The molecule has 1 aromatic carbocycles. The van der Waals surface area contributed by atoms with E-state index in [9.17, 15) is 13.2 Å². The highest BCUT2D eigenvalue weighted by Crippen LogP contribution is 2.34. The van der Waals surface area contributed by atoms with Crippen molar-refractivity contribution in [2.45, 2.75) is 24.9 Å². The van der Waals surface area contributed by atoms with Crippen molar-refractivity contribution in [3.05, 3.63) is 35.4 Å². The summed E-state index contributed by atoms with van der Waals surface area (Å²) in [5, 5.41) is 3.26. The lowest BCUT2D eigenvalue weighted by molar-refractivity contribution is -0.137. The number of hydrogen-bond acceptors (Lipinski definition) is 2. The Morgan fingerprint density at radius 3 is 2.53 bits per heavy atom. The average Bonchev–Trinajstić information content (AvgIpc) is 2.40. The molecule has 1 unspecified atom stereocenters. The third-order valence-corrected chi connectivity index (χ3v) is 3.85. The van der Waals surface area contributed by atoms with E-state index >= 15 is 0 Å². The first-order valence-corrected chi connectivity index (χ1v) is 6.60. The Balaban J connectivity index is 2.22. The molecule has 0 saturated carbocycles. The molecule has 106 valence electrons. The monoisotopic (exact) mass is 272 g/mol. The molecule has 1 aliphatic rings. The number of rotatable bonds is 3. The maximum absolute atomic E-state index is 12.7. The number of halogens is 3. The van der Waals surface area contributed by atoms with Gasteiger partial charge in [0.25, 0.3) is 0 Å². The third kappa shape index (κ3) is 3.48. The first-order chi connectivity index (χ1) is 9.02. The van der Waals surface area contributed by atoms with Crippen molar-refractivity contribution in [1.82, 2.24) is 5.32 Å². The predicted octanol–water partition coefficient (Wildman–Crippen LogP) is 2.75. The van der Waals surface area contributed by atoms with Crippen LogP contribution in [-0.4, -0.2) is 19.6 Å². The largest absolute Gasteiger partial charge is 0.416 e. The van der Waals surface area contributed by atoms with Gasteiger partial charge in [0.05, 0.1) is 5.56 Å². The maximum atomic E-state index is 12.7. The van der Waals surface area contributed by atoms with Crippen molar-refractivity contribution in [2.24, 2.45) is 11.7 Å². The van der Waals surface area contributed by atoms with E-state index < -0.39 is 11.7 Å². The van der Waals surface area contributed by atoms with Crippen LogP contribution in [0.25, 0.3) is 0 Å². The second kappa shape index (κ2) is 5.92. The highest BCUT2D eigenvalue weighted by molar-refractivity contribution is 5.29. The van der Waals surface area contributed by atoms with Crippen LogP contribution in [0.5, 0.6) is 0 Å². The van der Waals surface area contributed by atoms with E-state index in [0.29, 0.717) is 18.0 Å². The van der Waals surface area contributed by atoms with E-state index in [2.05, 4.69) is 5.32 Å². The Morgan fingerprint density at radius 2 is 1.95 bits per heavy atom. The van der Waals surface area contributed by atoms with Gasteiger partial charge in [-0.15, -0.1) is 0 Å². The fraction of sp³-hybridized carbons (Fsp3) is 0.571. The molecule has 1 heterocycles. The van der Waals surface area contributed by atoms with Crippen molar-refractivity contribution in [1.29, 1.82) is 0 Å². The van der Waals surface area contributed by atoms with Crippen LogP contribution in [-0.2, 0) is 6.18 Å². The fourth-order valence-electron chi connectivity index (χ4n) is 2.79. The zero-order valence-electron chi connectivity index (χ0n) is 10.7. The summed E-state index contributed by atoms with van der Waals surface area (Å²) in [7, 11) is 0. The van der Waals surface area contributed by atoms with E-state index in [4.69, 9.17) is 5.73 Å². The van der Waals surface area contributed by atoms with Crippen molar-refractivity contribution in [2.75, 3.05) is 19.6 Å². The molecule has 0 amide bonds. The maximum Gasteiger partial charge on any atom is 0.416 e. The Labute approximate surface area is 111 Å². The molecule has 1 aliphatic heterocycles. The summed E-state index contributed by atoms with van der Waals surface area (Å²) in [6, 6.07) is 5.59. The minimum atomic E-state index is -4.29. The van der Waals surface area contributed by atoms with Gasteiger partial charge in [0, 0.05) is 0 Å². The molecule has 3 N–H and O–H groups in total. The first kappa shape index (κ1) is 14.3. The molecule has 5 heteroatoms. The quantitative estimate of drug-likeness (QED) is 0.888. The van der Waals surface area contributed by atoms with E-state index in [1.54, 1.807) is 6.07 Å². The number of benzene rings is 1. The molecule has 1 fully saturated rings. The van der Waals surface area contributed by atoms with Gasteiger partial charge in [-0.1, -0.05) is 18.2 Å². The van der Waals surface area contributed by atoms with E-state index in [1.165, 1.54) is 12.1 Å². The Bertz CT molecular complexity index is 411. The third-order valence-electron chi connectivity index (χ3n) is 3.85. The standard InChI is InChI=1S/C14H19F3N2/c15-14(16,17)12-3-1-2-11(8-12)13(9-18)10-4-6-19-7-5-10/h1-3,8,10,13,19H,4-7,9,18H2. The number of piperidine rings is 1. The molecule has 2 nitrogen and oxygen atoms in total. The van der Waals surface area contributed by atoms with Crippen LogP contribution >= 0.6 is 0 Å². The molecule has 1 aromatic rings. The summed E-state index contributed by atoms with van der Waals surface area (Å²) in [6.45, 7) is 2.23. The van der Waals surface area contributed by atoms with Crippen LogP contribution in [0.2, 0.25) is 0 Å². The molecule has 1 saturated heterocycles. The lowest BCUT2D eigenvalue weighted by Gasteiger charge is -2.30. The summed E-state index contributed by atoms with van der Waals surface area (Å²) < 4.78 is 38.2. The van der Waals surface area contributed by atoms with E-state index in [1.807, 2.05) is 0 Å². The van der Waals surface area contributed by atoms with Gasteiger partial charge in [-0.2, -0.15) is 13.2 Å². The summed E-state index contributed by atoms with van der Waals surface area (Å²) in [4.78, 5) is 0. The van der Waals surface area contributed by atoms with Gasteiger partial charge in [0.1, 0.15) is 0 Å². The zero-order valence-corrected chi connectivity index (χ0v) is 10.7. The van der Waals surface area contributed by atoms with Gasteiger partial charge in [-0.25, -0.2) is 0 Å². The number of nitrogens with one attached hydrogen (secondary N) is 1. The van der Waals surface area contributed by atoms with Crippen molar-refractivity contribution in [3.8, 4) is 0 Å². The molecule has 0 spiro atoms. The SMILES string of the molecule is NCC(c1cccc(C(F)(F)F)c1)C1CCNCC1. The second-order valence-electron chi connectivity index (χ2n) is 5.05. The summed E-state index contributed by atoms with van der Waals surface area (Å²) in [5.74, 6) is 0.388. The summed E-state index contributed by atoms with van der Waals surface area (Å²) >= 11 is 0. The number of hydrogen-bond donors (Lipinski definition) is 2. The summed E-state index contributed by atoms with van der Waals surface area (Å²) in [5.41, 5.74) is 5.92. The summed E-state index contributed by atoms with van der Waals surface area (Å²) in [6.07, 6.45) is -2.35. The Morgan fingerprint density at radius 1 is 1.26 bits per heavy atom. The Kier molecular flexibility index (Phi) is 4.47. The first-order valence-electron chi connectivity index (χ1n) is 6.60. The molecular weight excluding hydrogens is 253 g/mol. The average molecular weight is 272 g/mol. The number of nitrogens with two attached hydrogens (primary N) is 1. The zero-order chi connectivity index (χ0) is 13.9. The minimum Gasteiger partial charge on any atom is -0.330 e. The topological polar surface area (TPSA) is 38.0 Å². The molecule has 1 atom stereocenters. The van der Waals surface area contributed by atoms with Crippen LogP contribution in [0.1, 0.15) is 29.9 Å². The van der Waals surface area contributed by atoms with Gasteiger partial charge in [-0.3, -0.25) is 0 Å². The van der Waals surface area contributed by atoms with Crippen LogP contribution in [0.15, 0.2) is 24.3 Å². The molecule has 0 radical (unpaired) electrons. The van der Waals surface area contributed by atoms with E-state index in [-0.39, 0.29) is 5.92 Å². The normalized spacial score (nSPS) is 19.4. The van der Waals surface area contributed by atoms with Crippen molar-refractivity contribution in [3.63, 3.8) is 0 Å². The van der Waals surface area contributed by atoms with Gasteiger partial charge in [0.2, 0.25) is 0 Å². The van der Waals surface area contributed by atoms with Crippen molar-refractivity contribution < 1.29 is 13.2 Å². The molecule has 2 rings (SSSR count). The van der Waals surface area contributed by atoms with E-state index in [0.717, 1.165) is 32.0 Å². The molecule has 0 aromatic heterocycles. The lowest BCUT2D eigenvalue weighted by Crippen LogP contribution is -2.33. The number of alkyl halides is 3. The predicted molar refractivity (Wildman–Crippen MR) is 68.8 cm³/mol. The highest BCUT2D eigenvalue weighted by atomic mass is 19.4. The van der Waals surface area contributed by atoms with Gasteiger partial charge in [0.15, 0.2) is 0 Å². The Hall–Kier alpha value is -1.07. The van der Waals surface area contributed by atoms with Crippen molar-refractivity contribution >= 4 is 0 Å². The van der Waals surface area contributed by atoms with Crippen LogP contribution in [0.4, 0.5) is 13.2 Å². The van der Waals surface area contributed by atoms with Crippen LogP contribution < -0.4 is 11.1 Å². The lowest BCUT2D eigenvalue weighted by atomic mass is 9.80. The van der Waals surface area contributed by atoms with Gasteiger partial charge < -0.3 is 11.1 Å². The molecule has 19 heavy (non-hydrogen) atoms. The van der Waals surface area contributed by atoms with Crippen LogP contribution in [0.3, 0.4) is 0 Å².